The zero-order valence-corrected chi connectivity index (χ0v) is 14.1. The van der Waals surface area contributed by atoms with Gasteiger partial charge in [-0.3, -0.25) is 9.78 Å². The number of pyridine rings is 1. The van der Waals surface area contributed by atoms with Gasteiger partial charge in [0, 0.05) is 24.5 Å². The first-order chi connectivity index (χ1) is 11.0. The summed E-state index contributed by atoms with van der Waals surface area (Å²) in [6.07, 6.45) is 5.68. The van der Waals surface area contributed by atoms with E-state index in [-0.39, 0.29) is 17.4 Å². The number of nitrogens with zero attached hydrogens (tertiary/aromatic N) is 2. The molecule has 23 heavy (non-hydrogen) atoms. The molecule has 1 atom stereocenters. The topological polar surface area (TPSA) is 33.2 Å². The van der Waals surface area contributed by atoms with Crippen molar-refractivity contribution in [1.29, 1.82) is 0 Å². The van der Waals surface area contributed by atoms with Crippen molar-refractivity contribution in [1.82, 2.24) is 9.88 Å². The minimum atomic E-state index is 0.106. The number of amides is 1. The Kier molecular flexibility index (Phi) is 4.20. The third-order valence-electron chi connectivity index (χ3n) is 4.60. The molecule has 0 radical (unpaired) electrons. The van der Waals surface area contributed by atoms with Crippen molar-refractivity contribution >= 4 is 5.91 Å². The van der Waals surface area contributed by atoms with Crippen molar-refractivity contribution < 1.29 is 4.79 Å². The van der Waals surface area contributed by atoms with E-state index >= 15 is 0 Å². The Bertz CT molecular complexity index is 671. The van der Waals surface area contributed by atoms with Gasteiger partial charge in [-0.25, -0.2) is 0 Å². The Morgan fingerprint density at radius 2 is 1.74 bits per heavy atom. The van der Waals surface area contributed by atoms with Gasteiger partial charge in [0.2, 0.25) is 0 Å². The van der Waals surface area contributed by atoms with E-state index in [9.17, 15) is 4.79 Å². The highest BCUT2D eigenvalue weighted by Crippen LogP contribution is 2.33. The van der Waals surface area contributed by atoms with Crippen LogP contribution < -0.4 is 0 Å². The molecule has 2 aromatic rings. The highest BCUT2D eigenvalue weighted by Gasteiger charge is 2.30. The molecule has 1 amide bonds. The summed E-state index contributed by atoms with van der Waals surface area (Å²) in [7, 11) is 0. The normalized spacial score (nSPS) is 18.2. The summed E-state index contributed by atoms with van der Waals surface area (Å²) in [5.74, 6) is 0.129. The molecule has 0 N–H and O–H groups in total. The first-order valence-corrected chi connectivity index (χ1v) is 8.28. The molecular weight excluding hydrogens is 284 g/mol. The summed E-state index contributed by atoms with van der Waals surface area (Å²) in [5, 5.41) is 0. The molecule has 1 saturated heterocycles. The molecule has 3 rings (SSSR count). The molecule has 1 aliphatic rings. The van der Waals surface area contributed by atoms with Crippen LogP contribution in [0.5, 0.6) is 0 Å². The van der Waals surface area contributed by atoms with E-state index in [0.717, 1.165) is 24.9 Å². The van der Waals surface area contributed by atoms with Gasteiger partial charge in [0.1, 0.15) is 0 Å². The Morgan fingerprint density at radius 3 is 2.35 bits per heavy atom. The smallest absolute Gasteiger partial charge is 0.254 e. The number of rotatable bonds is 2. The fourth-order valence-electron chi connectivity index (χ4n) is 3.22. The van der Waals surface area contributed by atoms with Gasteiger partial charge >= 0.3 is 0 Å². The molecule has 3 heteroatoms. The molecule has 1 aromatic heterocycles. The van der Waals surface area contributed by atoms with Crippen LogP contribution >= 0.6 is 0 Å². The number of carbonyl (C=O) groups excluding carboxylic acids is 1. The second kappa shape index (κ2) is 6.15. The lowest BCUT2D eigenvalue weighted by Gasteiger charge is -2.25. The number of benzene rings is 1. The van der Waals surface area contributed by atoms with Crippen LogP contribution in [-0.2, 0) is 5.41 Å². The monoisotopic (exact) mass is 308 g/mol. The van der Waals surface area contributed by atoms with Crippen molar-refractivity contribution in [2.75, 3.05) is 6.54 Å². The molecule has 0 bridgehead atoms. The van der Waals surface area contributed by atoms with Crippen molar-refractivity contribution in [3.05, 3.63) is 65.5 Å². The lowest BCUT2D eigenvalue weighted by Crippen LogP contribution is -2.30. The second-order valence-electron chi connectivity index (χ2n) is 7.26. The number of carbonyl (C=O) groups is 1. The maximum Gasteiger partial charge on any atom is 0.254 e. The van der Waals surface area contributed by atoms with E-state index in [1.165, 1.54) is 11.1 Å². The standard InChI is InChI=1S/C20H24N2O/c1-20(2,3)17-8-6-16(7-9-17)19(23)22-14-4-5-18(22)15-10-12-21-13-11-15/h6-13,18H,4-5,14H2,1-3H3. The van der Waals surface area contributed by atoms with Gasteiger partial charge in [-0.05, 0) is 53.6 Å². The van der Waals surface area contributed by atoms with Crippen LogP contribution in [0.2, 0.25) is 0 Å². The van der Waals surface area contributed by atoms with Crippen LogP contribution in [0.15, 0.2) is 48.8 Å². The predicted octanol–water partition coefficient (Wildman–Crippen LogP) is 4.36. The van der Waals surface area contributed by atoms with Crippen LogP contribution in [0.1, 0.15) is 61.1 Å². The van der Waals surface area contributed by atoms with E-state index in [0.29, 0.717) is 0 Å². The van der Waals surface area contributed by atoms with E-state index < -0.39 is 0 Å². The zero-order chi connectivity index (χ0) is 16.4. The summed E-state index contributed by atoms with van der Waals surface area (Å²) in [4.78, 5) is 19.0. The van der Waals surface area contributed by atoms with Crippen LogP contribution in [-0.4, -0.2) is 22.3 Å². The van der Waals surface area contributed by atoms with E-state index in [1.54, 1.807) is 12.4 Å². The highest BCUT2D eigenvalue weighted by atomic mass is 16.2. The summed E-state index contributed by atoms with van der Waals surface area (Å²) in [6, 6.07) is 12.3. The average Bonchev–Trinajstić information content (AvgIpc) is 3.04. The molecule has 0 saturated carbocycles. The fourth-order valence-corrected chi connectivity index (χ4v) is 3.22. The van der Waals surface area contributed by atoms with Crippen molar-refractivity contribution in [2.24, 2.45) is 0 Å². The van der Waals surface area contributed by atoms with Crippen LogP contribution in [0.4, 0.5) is 0 Å². The molecule has 1 unspecified atom stereocenters. The fraction of sp³-hybridized carbons (Fsp3) is 0.400. The van der Waals surface area contributed by atoms with Crippen molar-refractivity contribution in [2.45, 2.75) is 45.1 Å². The van der Waals surface area contributed by atoms with E-state index in [4.69, 9.17) is 0 Å². The third kappa shape index (κ3) is 3.29. The summed E-state index contributed by atoms with van der Waals surface area (Å²) in [6.45, 7) is 7.38. The van der Waals surface area contributed by atoms with Gasteiger partial charge in [-0.15, -0.1) is 0 Å². The lowest BCUT2D eigenvalue weighted by atomic mass is 9.86. The third-order valence-corrected chi connectivity index (χ3v) is 4.60. The maximum atomic E-state index is 12.9. The minimum absolute atomic E-state index is 0.106. The van der Waals surface area contributed by atoms with Gasteiger partial charge in [0.05, 0.1) is 6.04 Å². The van der Waals surface area contributed by atoms with Crippen LogP contribution in [0.25, 0.3) is 0 Å². The SMILES string of the molecule is CC(C)(C)c1ccc(C(=O)N2CCCC2c2ccncc2)cc1. The molecular formula is C20H24N2O. The van der Waals surface area contributed by atoms with Crippen LogP contribution in [0, 0.1) is 0 Å². The lowest BCUT2D eigenvalue weighted by molar-refractivity contribution is 0.0735. The largest absolute Gasteiger partial charge is 0.332 e. The quantitative estimate of drug-likeness (QED) is 0.826. The van der Waals surface area contributed by atoms with Crippen LogP contribution in [0.3, 0.4) is 0 Å². The molecule has 120 valence electrons. The molecule has 0 spiro atoms. The molecule has 1 aliphatic heterocycles. The summed E-state index contributed by atoms with van der Waals surface area (Å²) >= 11 is 0. The molecule has 0 aliphatic carbocycles. The maximum absolute atomic E-state index is 12.9. The van der Waals surface area contributed by atoms with Crippen molar-refractivity contribution in [3.63, 3.8) is 0 Å². The van der Waals surface area contributed by atoms with E-state index in [1.807, 2.05) is 29.2 Å². The number of likely N-dealkylation sites (tertiary alicyclic amines) is 1. The van der Waals surface area contributed by atoms with Crippen molar-refractivity contribution in [3.8, 4) is 0 Å². The average molecular weight is 308 g/mol. The predicted molar refractivity (Wildman–Crippen MR) is 92.4 cm³/mol. The Hall–Kier alpha value is -2.16. The molecule has 1 fully saturated rings. The Balaban J connectivity index is 1.82. The van der Waals surface area contributed by atoms with Gasteiger partial charge in [-0.2, -0.15) is 0 Å². The molecule has 2 heterocycles. The summed E-state index contributed by atoms with van der Waals surface area (Å²) in [5.41, 5.74) is 3.31. The first-order valence-electron chi connectivity index (χ1n) is 8.28. The first kappa shape index (κ1) is 15.7. The number of aromatic nitrogens is 1. The number of hydrogen-bond donors (Lipinski definition) is 0. The van der Waals surface area contributed by atoms with Gasteiger partial charge in [0.25, 0.3) is 5.91 Å². The minimum Gasteiger partial charge on any atom is -0.332 e. The van der Waals surface area contributed by atoms with E-state index in [2.05, 4.69) is 37.9 Å². The van der Waals surface area contributed by atoms with Gasteiger partial charge in [0.15, 0.2) is 0 Å². The Morgan fingerprint density at radius 1 is 1.09 bits per heavy atom. The Labute approximate surface area is 138 Å². The molecule has 1 aromatic carbocycles. The van der Waals surface area contributed by atoms with Gasteiger partial charge in [-0.1, -0.05) is 32.9 Å². The molecule has 3 nitrogen and oxygen atoms in total. The zero-order valence-electron chi connectivity index (χ0n) is 14.1. The number of hydrogen-bond acceptors (Lipinski definition) is 2. The second-order valence-corrected chi connectivity index (χ2v) is 7.26. The van der Waals surface area contributed by atoms with Gasteiger partial charge < -0.3 is 4.90 Å². The summed E-state index contributed by atoms with van der Waals surface area (Å²) < 4.78 is 0. The highest BCUT2D eigenvalue weighted by molar-refractivity contribution is 5.94.